The maximum absolute atomic E-state index is 15.2. The van der Waals surface area contributed by atoms with Crippen molar-refractivity contribution < 1.29 is 66.3 Å². The van der Waals surface area contributed by atoms with Crippen LogP contribution in [-0.2, 0) is 66.3 Å². The number of hydrogen-bond donors (Lipinski definition) is 0. The Morgan fingerprint density at radius 3 is 0.894 bits per heavy atom. The van der Waals surface area contributed by atoms with Gasteiger partial charge in [0.25, 0.3) is 0 Å². The first kappa shape index (κ1) is 44.7. The average molecular weight is 731 g/mol. The summed E-state index contributed by atoms with van der Waals surface area (Å²) < 4.78 is 49.1. The second-order valence-corrected chi connectivity index (χ2v) is 19.6. The van der Waals surface area contributed by atoms with Gasteiger partial charge in [-0.15, -0.1) is 0 Å². The van der Waals surface area contributed by atoms with E-state index in [9.17, 15) is 28.8 Å². The number of ether oxygens (including phenoxy) is 6. The van der Waals surface area contributed by atoms with Crippen LogP contribution in [0.25, 0.3) is 0 Å². The molecular weight excluding hydrogens is 679 g/mol. The molecule has 0 bridgehead atoms. The summed E-state index contributed by atoms with van der Waals surface area (Å²) in [6.07, 6.45) is 0. The summed E-state index contributed by atoms with van der Waals surface area (Å²) in [6.45, 7) is 17.2. The Morgan fingerprint density at radius 2 is 0.681 bits per heavy atom. The molecule has 0 atom stereocenters. The highest BCUT2D eigenvalue weighted by atomic mass is 33.1. The summed E-state index contributed by atoms with van der Waals surface area (Å²) >= 11 is 1.08. The van der Waals surface area contributed by atoms with Crippen LogP contribution in [-0.4, -0.2) is 90.6 Å². The zero-order valence-electron chi connectivity index (χ0n) is 29.5. The van der Waals surface area contributed by atoms with Crippen LogP contribution in [0.1, 0.15) is 83.1 Å². The van der Waals surface area contributed by atoms with Gasteiger partial charge in [-0.1, -0.05) is 22.8 Å². The molecule has 47 heavy (non-hydrogen) atoms. The van der Waals surface area contributed by atoms with E-state index in [-0.39, 0.29) is 39.6 Å². The monoisotopic (exact) mass is 730 g/mol. The summed E-state index contributed by atoms with van der Waals surface area (Å²) in [6, 6.07) is 0. The Bertz CT molecular complexity index is 962. The predicted octanol–water partition coefficient (Wildman–Crippen LogP) is 5.14. The molecule has 14 nitrogen and oxygen atoms in total. The smallest absolute Gasteiger partial charge is 0.323 e. The molecule has 0 N–H and O–H groups in total. The Balaban J connectivity index is 7.44. The SMILES string of the molecule is CCOC(=O)C(C(=O)OCC)C(C)(C)OP(=O)(SC(C)(C)C(C(=O)OCC)C(=O)OCC)SC(C)(C)C(C(=O)OCC)C(=O)OCC. The third-order valence-corrected chi connectivity index (χ3v) is 14.8. The van der Waals surface area contributed by atoms with Gasteiger partial charge in [0.1, 0.15) is 0 Å². The van der Waals surface area contributed by atoms with Gasteiger partial charge in [0.2, 0.25) is 0 Å². The van der Waals surface area contributed by atoms with Crippen molar-refractivity contribution in [3.8, 4) is 0 Å². The quantitative estimate of drug-likeness (QED) is 0.0654. The first-order valence-electron chi connectivity index (χ1n) is 15.4. The molecule has 0 aromatic rings. The second-order valence-electron chi connectivity index (χ2n) is 11.3. The fraction of sp³-hybridized carbons (Fsp3) is 0.800. The molecular formula is C30H51O14PS2. The maximum atomic E-state index is 15.2. The standard InChI is InChI=1S/C30H51O14PS2/c1-13-38-22(31)19(23(32)39-14-2)28(7,8)44-45(37,46-29(9,10)20(24(33)40-15-3)25(34)41-16-4)47-30(11,12)21(26(35)42-17-5)27(36)43-18-6/h19-21H,13-18H2,1-12H3. The Hall–Kier alpha value is -2.29. The van der Waals surface area contributed by atoms with Crippen molar-refractivity contribution in [3.05, 3.63) is 0 Å². The lowest BCUT2D eigenvalue weighted by atomic mass is 9.91. The Morgan fingerprint density at radius 1 is 0.468 bits per heavy atom. The van der Waals surface area contributed by atoms with E-state index in [1.807, 2.05) is 0 Å². The van der Waals surface area contributed by atoms with Gasteiger partial charge in [0.15, 0.2) is 17.8 Å². The minimum atomic E-state index is -4.51. The van der Waals surface area contributed by atoms with E-state index in [1.54, 1.807) is 27.7 Å². The van der Waals surface area contributed by atoms with Gasteiger partial charge in [-0.05, 0) is 83.1 Å². The highest BCUT2D eigenvalue weighted by Crippen LogP contribution is 2.79. The molecule has 0 radical (unpaired) electrons. The molecule has 0 saturated carbocycles. The zero-order chi connectivity index (χ0) is 36.8. The van der Waals surface area contributed by atoms with E-state index in [0.29, 0.717) is 22.8 Å². The molecule has 0 fully saturated rings. The number of esters is 6. The van der Waals surface area contributed by atoms with Crippen LogP contribution < -0.4 is 0 Å². The zero-order valence-corrected chi connectivity index (χ0v) is 32.0. The van der Waals surface area contributed by atoms with Crippen molar-refractivity contribution in [1.29, 1.82) is 0 Å². The van der Waals surface area contributed by atoms with Crippen molar-refractivity contribution in [2.24, 2.45) is 17.8 Å². The van der Waals surface area contributed by atoms with Crippen LogP contribution in [0, 0.1) is 17.8 Å². The average Bonchev–Trinajstić information content (AvgIpc) is 2.87. The number of carbonyl (C=O) groups is 6. The van der Waals surface area contributed by atoms with Crippen molar-refractivity contribution in [2.75, 3.05) is 39.6 Å². The predicted molar refractivity (Wildman–Crippen MR) is 176 cm³/mol. The van der Waals surface area contributed by atoms with Crippen molar-refractivity contribution in [2.45, 2.75) is 98.2 Å². The van der Waals surface area contributed by atoms with E-state index in [4.69, 9.17) is 32.9 Å². The van der Waals surface area contributed by atoms with E-state index in [1.165, 1.54) is 55.4 Å². The number of hydrogen-bond acceptors (Lipinski definition) is 16. The Kier molecular flexibility index (Phi) is 18.7. The van der Waals surface area contributed by atoms with Crippen LogP contribution in [0.15, 0.2) is 0 Å². The molecule has 0 rings (SSSR count). The molecule has 0 aliphatic carbocycles. The highest BCUT2D eigenvalue weighted by molar-refractivity contribution is 8.89. The van der Waals surface area contributed by atoms with Crippen LogP contribution in [0.5, 0.6) is 0 Å². The maximum Gasteiger partial charge on any atom is 0.323 e. The minimum absolute atomic E-state index is 0.0695. The van der Waals surface area contributed by atoms with Gasteiger partial charge in [0, 0.05) is 9.49 Å². The molecule has 0 aromatic carbocycles. The fourth-order valence-electron chi connectivity index (χ4n) is 4.42. The third-order valence-electron chi connectivity index (χ3n) is 6.26. The van der Waals surface area contributed by atoms with Gasteiger partial charge in [-0.25, -0.2) is 0 Å². The van der Waals surface area contributed by atoms with E-state index >= 15 is 4.57 Å². The summed E-state index contributed by atoms with van der Waals surface area (Å²) in [5.74, 6) is -15.3. The lowest BCUT2D eigenvalue weighted by Crippen LogP contribution is -2.46. The van der Waals surface area contributed by atoms with E-state index in [0.717, 1.165) is 0 Å². The molecule has 272 valence electrons. The fourth-order valence-corrected chi connectivity index (χ4v) is 16.3. The first-order chi connectivity index (χ1) is 21.6. The van der Waals surface area contributed by atoms with E-state index in [2.05, 4.69) is 0 Å². The molecule has 0 saturated heterocycles. The van der Waals surface area contributed by atoms with Crippen molar-refractivity contribution in [3.63, 3.8) is 0 Å². The van der Waals surface area contributed by atoms with Gasteiger partial charge in [-0.3, -0.25) is 33.3 Å². The molecule has 0 amide bonds. The lowest BCUT2D eigenvalue weighted by molar-refractivity contribution is -0.170. The van der Waals surface area contributed by atoms with Gasteiger partial charge >= 0.3 is 41.6 Å². The Labute approximate surface area is 285 Å². The van der Waals surface area contributed by atoms with Gasteiger partial charge < -0.3 is 32.9 Å². The van der Waals surface area contributed by atoms with Crippen LogP contribution in [0.3, 0.4) is 0 Å². The molecule has 0 heterocycles. The summed E-state index contributed by atoms with van der Waals surface area (Å²) in [4.78, 5) is 78.6. The molecule has 0 aliphatic heterocycles. The van der Waals surface area contributed by atoms with Gasteiger partial charge in [-0.2, -0.15) is 0 Å². The minimum Gasteiger partial charge on any atom is -0.465 e. The molecule has 0 spiro atoms. The summed E-state index contributed by atoms with van der Waals surface area (Å²) in [7, 11) is 0. The first-order valence-corrected chi connectivity index (χ1v) is 19.8. The number of rotatable bonds is 21. The third kappa shape index (κ3) is 13.3. The largest absolute Gasteiger partial charge is 0.465 e. The van der Waals surface area contributed by atoms with Crippen molar-refractivity contribution in [1.82, 2.24) is 0 Å². The molecule has 0 aliphatic rings. The van der Waals surface area contributed by atoms with E-state index < -0.39 is 74.4 Å². The number of carbonyl (C=O) groups excluding carboxylic acids is 6. The molecule has 0 unspecified atom stereocenters. The second kappa shape index (κ2) is 19.6. The van der Waals surface area contributed by atoms with Crippen LogP contribution in [0.4, 0.5) is 0 Å². The van der Waals surface area contributed by atoms with Crippen LogP contribution in [0.2, 0.25) is 0 Å². The normalized spacial score (nSPS) is 12.5. The van der Waals surface area contributed by atoms with Gasteiger partial charge in [0.05, 0.1) is 45.2 Å². The summed E-state index contributed by atoms with van der Waals surface area (Å²) in [5.41, 5.74) is -1.91. The molecule has 17 heteroatoms. The topological polar surface area (TPSA) is 184 Å². The van der Waals surface area contributed by atoms with Crippen molar-refractivity contribution >= 4 is 64.4 Å². The lowest BCUT2D eigenvalue weighted by Gasteiger charge is -2.40. The summed E-state index contributed by atoms with van der Waals surface area (Å²) in [5, 5.41) is 0. The highest BCUT2D eigenvalue weighted by Gasteiger charge is 2.56. The molecule has 0 aromatic heterocycles. The van der Waals surface area contributed by atoms with Crippen LogP contribution >= 0.6 is 28.5 Å².